The Labute approximate surface area is 131 Å². The van der Waals surface area contributed by atoms with Crippen molar-refractivity contribution in [2.24, 2.45) is 0 Å². The zero-order valence-corrected chi connectivity index (χ0v) is 12.4. The van der Waals surface area contributed by atoms with E-state index in [1.54, 1.807) is 6.07 Å². The van der Waals surface area contributed by atoms with Gasteiger partial charge in [-0.2, -0.15) is 0 Å². The van der Waals surface area contributed by atoms with Crippen molar-refractivity contribution in [3.05, 3.63) is 23.8 Å². The predicted octanol–water partition coefficient (Wildman–Crippen LogP) is -0.760. The maximum absolute atomic E-state index is 11.8. The smallest absolute Gasteiger partial charge is 0.309 e. The van der Waals surface area contributed by atoms with E-state index in [-0.39, 0.29) is 24.5 Å². The minimum Gasteiger partial charge on any atom is -0.504 e. The number of aliphatic hydroxyl groups excluding tert-OH is 3. The van der Waals surface area contributed by atoms with E-state index >= 15 is 0 Å². The van der Waals surface area contributed by atoms with Crippen LogP contribution in [0.5, 0.6) is 11.5 Å². The van der Waals surface area contributed by atoms with Gasteiger partial charge in [0.1, 0.15) is 18.3 Å². The maximum atomic E-state index is 11.8. The number of benzene rings is 1. The third-order valence-corrected chi connectivity index (χ3v) is 4.35. The van der Waals surface area contributed by atoms with Gasteiger partial charge in [0, 0.05) is 0 Å². The second-order valence-corrected chi connectivity index (χ2v) is 5.70. The van der Waals surface area contributed by atoms with Crippen molar-refractivity contribution in [1.82, 2.24) is 0 Å². The Balaban J connectivity index is 2.02. The zero-order valence-electron chi connectivity index (χ0n) is 12.4. The Morgan fingerprint density at radius 3 is 2.74 bits per heavy atom. The molecule has 126 valence electrons. The molecule has 5 unspecified atom stereocenters. The molecule has 1 aromatic carbocycles. The Bertz CT molecular complexity index is 617. The van der Waals surface area contributed by atoms with Crippen LogP contribution in [0, 0.1) is 0 Å². The molecule has 0 saturated carbocycles. The number of hydrogen-bond acceptors (Lipinski definition) is 8. The molecule has 2 aliphatic heterocycles. The van der Waals surface area contributed by atoms with Gasteiger partial charge in [-0.3, -0.25) is 4.79 Å². The SMILES string of the molecule is COc1cc(C2CC(=O)OC23OCC(O)C(O)C3O)ccc1O. The van der Waals surface area contributed by atoms with Gasteiger partial charge in [0.15, 0.2) is 11.5 Å². The molecule has 5 atom stereocenters. The molecule has 2 aliphatic rings. The van der Waals surface area contributed by atoms with Crippen LogP contribution in [0.2, 0.25) is 0 Å². The van der Waals surface area contributed by atoms with E-state index in [1.165, 1.54) is 19.2 Å². The average molecular weight is 326 g/mol. The molecule has 4 N–H and O–H groups in total. The summed E-state index contributed by atoms with van der Waals surface area (Å²) in [6.07, 6.45) is -4.46. The highest BCUT2D eigenvalue weighted by atomic mass is 16.7. The molecule has 2 fully saturated rings. The Hall–Kier alpha value is -1.87. The fraction of sp³-hybridized carbons (Fsp3) is 0.533. The number of ether oxygens (including phenoxy) is 3. The predicted molar refractivity (Wildman–Crippen MR) is 74.8 cm³/mol. The van der Waals surface area contributed by atoms with Crippen LogP contribution in [-0.4, -0.2) is 64.2 Å². The van der Waals surface area contributed by atoms with Crippen LogP contribution in [0.25, 0.3) is 0 Å². The first kappa shape index (κ1) is 16.0. The molecule has 0 aliphatic carbocycles. The molecule has 2 heterocycles. The van der Waals surface area contributed by atoms with E-state index in [2.05, 4.69) is 0 Å². The lowest BCUT2D eigenvalue weighted by Gasteiger charge is -2.44. The fourth-order valence-electron chi connectivity index (χ4n) is 3.11. The Kier molecular flexibility index (Phi) is 3.93. The van der Waals surface area contributed by atoms with Crippen molar-refractivity contribution < 1.29 is 39.4 Å². The van der Waals surface area contributed by atoms with Crippen LogP contribution in [0.3, 0.4) is 0 Å². The van der Waals surface area contributed by atoms with Crippen LogP contribution in [-0.2, 0) is 14.3 Å². The van der Waals surface area contributed by atoms with E-state index in [4.69, 9.17) is 14.2 Å². The first-order valence-electron chi connectivity index (χ1n) is 7.16. The summed E-state index contributed by atoms with van der Waals surface area (Å²) in [5, 5.41) is 39.6. The number of methoxy groups -OCH3 is 1. The van der Waals surface area contributed by atoms with E-state index < -0.39 is 36.0 Å². The molecule has 2 saturated heterocycles. The van der Waals surface area contributed by atoms with Crippen molar-refractivity contribution >= 4 is 5.97 Å². The van der Waals surface area contributed by atoms with Gasteiger partial charge in [0.05, 0.1) is 26.1 Å². The molecule has 8 nitrogen and oxygen atoms in total. The molecule has 0 aromatic heterocycles. The van der Waals surface area contributed by atoms with Crippen molar-refractivity contribution in [2.45, 2.75) is 36.4 Å². The highest BCUT2D eigenvalue weighted by Crippen LogP contribution is 2.48. The second-order valence-electron chi connectivity index (χ2n) is 5.70. The second kappa shape index (κ2) is 5.64. The summed E-state index contributed by atoms with van der Waals surface area (Å²) in [5.41, 5.74) is 0.535. The van der Waals surface area contributed by atoms with E-state index in [0.29, 0.717) is 5.56 Å². The third kappa shape index (κ3) is 2.43. The first-order chi connectivity index (χ1) is 10.9. The van der Waals surface area contributed by atoms with Crippen molar-refractivity contribution in [2.75, 3.05) is 13.7 Å². The van der Waals surface area contributed by atoms with Crippen molar-refractivity contribution in [1.29, 1.82) is 0 Å². The minimum absolute atomic E-state index is 0.0730. The molecule has 0 radical (unpaired) electrons. The molecule has 3 rings (SSSR count). The van der Waals surface area contributed by atoms with Gasteiger partial charge in [0.25, 0.3) is 0 Å². The lowest BCUT2D eigenvalue weighted by Crippen LogP contribution is -2.62. The van der Waals surface area contributed by atoms with Gasteiger partial charge < -0.3 is 34.6 Å². The average Bonchev–Trinajstić information content (AvgIpc) is 2.87. The summed E-state index contributed by atoms with van der Waals surface area (Å²) < 4.78 is 15.7. The largest absolute Gasteiger partial charge is 0.504 e. The van der Waals surface area contributed by atoms with Crippen LogP contribution < -0.4 is 4.74 Å². The van der Waals surface area contributed by atoms with Gasteiger partial charge in [-0.05, 0) is 17.7 Å². The number of phenols is 1. The third-order valence-electron chi connectivity index (χ3n) is 4.35. The standard InChI is InChI=1S/C15H18O8/c1-21-11-4-7(2-3-9(11)16)8-5-12(18)23-15(8)14(20)13(19)10(17)6-22-15/h2-4,8,10,13-14,16-17,19-20H,5-6H2,1H3. The van der Waals surface area contributed by atoms with E-state index in [9.17, 15) is 25.2 Å². The summed E-state index contributed by atoms with van der Waals surface area (Å²) in [6.45, 7) is -0.281. The molecule has 0 bridgehead atoms. The topological polar surface area (TPSA) is 126 Å². The summed E-state index contributed by atoms with van der Waals surface area (Å²) >= 11 is 0. The van der Waals surface area contributed by atoms with Crippen LogP contribution in [0.1, 0.15) is 17.9 Å². The zero-order chi connectivity index (χ0) is 16.8. The number of carbonyl (C=O) groups excluding carboxylic acids is 1. The minimum atomic E-state index is -1.78. The molecule has 23 heavy (non-hydrogen) atoms. The van der Waals surface area contributed by atoms with E-state index in [0.717, 1.165) is 0 Å². The van der Waals surface area contributed by atoms with Gasteiger partial charge in [-0.25, -0.2) is 0 Å². The number of phenolic OH excluding ortho intramolecular Hbond substituents is 1. The van der Waals surface area contributed by atoms with Gasteiger partial charge >= 0.3 is 5.97 Å². The fourth-order valence-corrected chi connectivity index (χ4v) is 3.11. The highest BCUT2D eigenvalue weighted by Gasteiger charge is 2.61. The molecule has 1 spiro atoms. The quantitative estimate of drug-likeness (QED) is 0.523. The van der Waals surface area contributed by atoms with Crippen molar-refractivity contribution in [3.8, 4) is 11.5 Å². The van der Waals surface area contributed by atoms with Crippen molar-refractivity contribution in [3.63, 3.8) is 0 Å². The lowest BCUT2D eigenvalue weighted by atomic mass is 9.82. The molecule has 1 aromatic rings. The number of carbonyl (C=O) groups is 1. The number of rotatable bonds is 2. The molecular weight excluding hydrogens is 308 g/mol. The Morgan fingerprint density at radius 2 is 2.04 bits per heavy atom. The maximum Gasteiger partial charge on any atom is 0.309 e. The lowest BCUT2D eigenvalue weighted by molar-refractivity contribution is -0.320. The number of aromatic hydroxyl groups is 1. The Morgan fingerprint density at radius 1 is 1.30 bits per heavy atom. The monoisotopic (exact) mass is 326 g/mol. The first-order valence-corrected chi connectivity index (χ1v) is 7.16. The van der Waals surface area contributed by atoms with E-state index in [1.807, 2.05) is 0 Å². The van der Waals surface area contributed by atoms with Crippen LogP contribution in [0.4, 0.5) is 0 Å². The summed E-state index contributed by atoms with van der Waals surface area (Å²) in [4.78, 5) is 11.8. The number of esters is 1. The number of hydrogen-bond donors (Lipinski definition) is 4. The molecular formula is C15H18O8. The van der Waals surface area contributed by atoms with Gasteiger partial charge in [-0.1, -0.05) is 6.07 Å². The normalized spacial score (nSPS) is 37.0. The molecule has 0 amide bonds. The van der Waals surface area contributed by atoms with Crippen LogP contribution >= 0.6 is 0 Å². The van der Waals surface area contributed by atoms with Gasteiger partial charge in [0.2, 0.25) is 5.79 Å². The summed E-state index contributed by atoms with van der Waals surface area (Å²) in [7, 11) is 1.39. The summed E-state index contributed by atoms with van der Waals surface area (Å²) in [6, 6.07) is 4.46. The highest BCUT2D eigenvalue weighted by molar-refractivity contribution is 5.74. The summed E-state index contributed by atoms with van der Waals surface area (Å²) in [5.74, 6) is -2.97. The van der Waals surface area contributed by atoms with Crippen LogP contribution in [0.15, 0.2) is 18.2 Å². The molecule has 8 heteroatoms. The number of aliphatic hydroxyl groups is 3. The van der Waals surface area contributed by atoms with Gasteiger partial charge in [-0.15, -0.1) is 0 Å².